The van der Waals surface area contributed by atoms with Crippen molar-refractivity contribution in [2.75, 3.05) is 6.54 Å². The standard InChI is InChI=1S/C17H30ClN3/c1-3-11-19-16(12-14-9-7-5-6-8-10-14)17-15(18)13-20-21(17)4-2/h13-14,16,19H,3-12H2,1-2H3. The van der Waals surface area contributed by atoms with Crippen molar-refractivity contribution in [2.24, 2.45) is 5.92 Å². The summed E-state index contributed by atoms with van der Waals surface area (Å²) in [4.78, 5) is 0. The Morgan fingerprint density at radius 3 is 2.62 bits per heavy atom. The lowest BCUT2D eigenvalue weighted by atomic mass is 9.91. The lowest BCUT2D eigenvalue weighted by Gasteiger charge is -2.25. The van der Waals surface area contributed by atoms with Crippen molar-refractivity contribution in [1.82, 2.24) is 15.1 Å². The van der Waals surface area contributed by atoms with Gasteiger partial charge in [0.15, 0.2) is 0 Å². The van der Waals surface area contributed by atoms with Crippen molar-refractivity contribution in [2.45, 2.75) is 77.8 Å². The fraction of sp³-hybridized carbons (Fsp3) is 0.824. The number of halogens is 1. The van der Waals surface area contributed by atoms with E-state index in [9.17, 15) is 0 Å². The molecule has 3 nitrogen and oxygen atoms in total. The van der Waals surface area contributed by atoms with Crippen LogP contribution in [0.2, 0.25) is 5.02 Å². The van der Waals surface area contributed by atoms with Gasteiger partial charge in [-0.2, -0.15) is 5.10 Å². The van der Waals surface area contributed by atoms with E-state index in [1.807, 2.05) is 0 Å². The van der Waals surface area contributed by atoms with Gasteiger partial charge in [-0.15, -0.1) is 0 Å². The van der Waals surface area contributed by atoms with Gasteiger partial charge in [0.2, 0.25) is 0 Å². The third-order valence-electron chi connectivity index (χ3n) is 4.65. The Bertz CT molecular complexity index is 408. The maximum absolute atomic E-state index is 6.42. The van der Waals surface area contributed by atoms with E-state index in [4.69, 9.17) is 11.6 Å². The van der Waals surface area contributed by atoms with E-state index in [0.29, 0.717) is 6.04 Å². The van der Waals surface area contributed by atoms with Crippen molar-refractivity contribution in [3.63, 3.8) is 0 Å². The molecule has 0 radical (unpaired) electrons. The van der Waals surface area contributed by atoms with E-state index >= 15 is 0 Å². The first-order chi connectivity index (χ1) is 10.3. The minimum atomic E-state index is 0.350. The summed E-state index contributed by atoms with van der Waals surface area (Å²) in [5, 5.41) is 8.95. The van der Waals surface area contributed by atoms with Gasteiger partial charge in [-0.25, -0.2) is 0 Å². The maximum Gasteiger partial charge on any atom is 0.0834 e. The minimum Gasteiger partial charge on any atom is -0.309 e. The summed E-state index contributed by atoms with van der Waals surface area (Å²) in [7, 11) is 0. The maximum atomic E-state index is 6.42. The molecule has 4 heteroatoms. The molecule has 1 aliphatic carbocycles. The summed E-state index contributed by atoms with van der Waals surface area (Å²) in [5.74, 6) is 0.832. The Hall–Kier alpha value is -0.540. The SMILES string of the molecule is CCCNC(CC1CCCCCC1)c1c(Cl)cnn1CC. The summed E-state index contributed by atoms with van der Waals surface area (Å²) in [6.07, 6.45) is 12.5. The molecule has 120 valence electrons. The molecule has 1 aromatic rings. The van der Waals surface area contributed by atoms with Gasteiger partial charge in [-0.05, 0) is 32.2 Å². The van der Waals surface area contributed by atoms with Gasteiger partial charge in [0.25, 0.3) is 0 Å². The van der Waals surface area contributed by atoms with Gasteiger partial charge in [0, 0.05) is 6.54 Å². The van der Waals surface area contributed by atoms with Crippen LogP contribution in [-0.4, -0.2) is 16.3 Å². The zero-order chi connectivity index (χ0) is 15.1. The van der Waals surface area contributed by atoms with E-state index in [0.717, 1.165) is 30.5 Å². The molecule has 0 spiro atoms. The molecule has 1 N–H and O–H groups in total. The monoisotopic (exact) mass is 311 g/mol. The van der Waals surface area contributed by atoms with Gasteiger partial charge in [-0.1, -0.05) is 57.0 Å². The number of aryl methyl sites for hydroxylation is 1. The lowest BCUT2D eigenvalue weighted by Crippen LogP contribution is -2.27. The highest BCUT2D eigenvalue weighted by molar-refractivity contribution is 6.31. The predicted molar refractivity (Wildman–Crippen MR) is 89.8 cm³/mol. The van der Waals surface area contributed by atoms with E-state index in [1.165, 1.54) is 50.6 Å². The normalized spacial score (nSPS) is 18.6. The van der Waals surface area contributed by atoms with Gasteiger partial charge in [0.05, 0.1) is 23.0 Å². The van der Waals surface area contributed by atoms with Crippen molar-refractivity contribution in [1.29, 1.82) is 0 Å². The number of hydrogen-bond acceptors (Lipinski definition) is 2. The number of hydrogen-bond donors (Lipinski definition) is 1. The number of nitrogens with zero attached hydrogens (tertiary/aromatic N) is 2. The van der Waals surface area contributed by atoms with Gasteiger partial charge in [-0.3, -0.25) is 4.68 Å². The molecule has 1 fully saturated rings. The molecule has 0 aromatic carbocycles. The zero-order valence-corrected chi connectivity index (χ0v) is 14.3. The van der Waals surface area contributed by atoms with E-state index < -0.39 is 0 Å². The molecular formula is C17H30ClN3. The summed E-state index contributed by atoms with van der Waals surface area (Å²) in [6.45, 7) is 6.28. The molecule has 1 heterocycles. The Morgan fingerprint density at radius 1 is 1.29 bits per heavy atom. The van der Waals surface area contributed by atoms with Crippen LogP contribution in [0, 0.1) is 5.92 Å². The van der Waals surface area contributed by atoms with Crippen LogP contribution in [0.25, 0.3) is 0 Å². The predicted octanol–water partition coefficient (Wildman–Crippen LogP) is 4.96. The van der Waals surface area contributed by atoms with Crippen LogP contribution < -0.4 is 5.32 Å². The molecule has 0 saturated heterocycles. The highest BCUT2D eigenvalue weighted by atomic mass is 35.5. The van der Waals surface area contributed by atoms with Crippen LogP contribution in [0.3, 0.4) is 0 Å². The van der Waals surface area contributed by atoms with E-state index in [2.05, 4.69) is 28.9 Å². The summed E-state index contributed by atoms with van der Waals surface area (Å²) in [6, 6.07) is 0.350. The molecule has 1 saturated carbocycles. The van der Waals surface area contributed by atoms with E-state index in [-0.39, 0.29) is 0 Å². The van der Waals surface area contributed by atoms with Crippen LogP contribution in [0.4, 0.5) is 0 Å². The van der Waals surface area contributed by atoms with Crippen LogP contribution in [-0.2, 0) is 6.54 Å². The zero-order valence-electron chi connectivity index (χ0n) is 13.6. The third kappa shape index (κ3) is 4.72. The van der Waals surface area contributed by atoms with Gasteiger partial charge < -0.3 is 5.32 Å². The quantitative estimate of drug-likeness (QED) is 0.721. The van der Waals surface area contributed by atoms with Crippen molar-refractivity contribution in [3.05, 3.63) is 16.9 Å². The number of nitrogens with one attached hydrogen (secondary N) is 1. The van der Waals surface area contributed by atoms with Crippen LogP contribution >= 0.6 is 11.6 Å². The van der Waals surface area contributed by atoms with Crippen molar-refractivity contribution >= 4 is 11.6 Å². The second kappa shape index (κ2) is 8.79. The number of rotatable bonds is 7. The van der Waals surface area contributed by atoms with Gasteiger partial charge in [0.1, 0.15) is 0 Å². The first kappa shape index (κ1) is 16.8. The second-order valence-corrected chi connectivity index (χ2v) is 6.70. The molecule has 0 amide bonds. The highest BCUT2D eigenvalue weighted by Gasteiger charge is 2.24. The largest absolute Gasteiger partial charge is 0.309 e. The summed E-state index contributed by atoms with van der Waals surface area (Å²) >= 11 is 6.42. The second-order valence-electron chi connectivity index (χ2n) is 6.29. The Morgan fingerprint density at radius 2 is 2.00 bits per heavy atom. The van der Waals surface area contributed by atoms with Crippen LogP contribution in [0.5, 0.6) is 0 Å². The molecule has 1 atom stereocenters. The molecule has 1 unspecified atom stereocenters. The van der Waals surface area contributed by atoms with Crippen LogP contribution in [0.1, 0.15) is 76.9 Å². The molecule has 0 aliphatic heterocycles. The first-order valence-corrected chi connectivity index (χ1v) is 9.08. The van der Waals surface area contributed by atoms with Crippen LogP contribution in [0.15, 0.2) is 6.20 Å². The molecule has 0 bridgehead atoms. The topological polar surface area (TPSA) is 29.9 Å². The molecule has 1 aliphatic rings. The fourth-order valence-electron chi connectivity index (χ4n) is 3.51. The average Bonchev–Trinajstić information content (AvgIpc) is 2.70. The molecule has 21 heavy (non-hydrogen) atoms. The molecular weight excluding hydrogens is 282 g/mol. The smallest absolute Gasteiger partial charge is 0.0834 e. The van der Waals surface area contributed by atoms with Crippen molar-refractivity contribution in [3.8, 4) is 0 Å². The molecule has 2 rings (SSSR count). The van der Waals surface area contributed by atoms with Gasteiger partial charge >= 0.3 is 0 Å². The van der Waals surface area contributed by atoms with Crippen molar-refractivity contribution < 1.29 is 0 Å². The Labute approximate surface area is 134 Å². The Kier molecular flexibility index (Phi) is 7.05. The number of aromatic nitrogens is 2. The minimum absolute atomic E-state index is 0.350. The lowest BCUT2D eigenvalue weighted by molar-refractivity contribution is 0.343. The van der Waals surface area contributed by atoms with E-state index in [1.54, 1.807) is 6.20 Å². The highest BCUT2D eigenvalue weighted by Crippen LogP contribution is 2.33. The summed E-state index contributed by atoms with van der Waals surface area (Å²) < 4.78 is 2.06. The summed E-state index contributed by atoms with van der Waals surface area (Å²) in [5.41, 5.74) is 1.19. The fourth-order valence-corrected chi connectivity index (χ4v) is 3.79. The molecule has 1 aromatic heterocycles. The third-order valence-corrected chi connectivity index (χ3v) is 4.94. The first-order valence-electron chi connectivity index (χ1n) is 8.70. The Balaban J connectivity index is 2.10. The average molecular weight is 312 g/mol.